The highest BCUT2D eigenvalue weighted by atomic mass is 16.5. The van der Waals surface area contributed by atoms with E-state index in [1.165, 1.54) is 51.6 Å². The topological polar surface area (TPSA) is 117 Å². The molecule has 4 fully saturated rings. The van der Waals surface area contributed by atoms with Crippen molar-refractivity contribution in [3.05, 3.63) is 0 Å². The average molecular weight is 344 g/mol. The summed E-state index contributed by atoms with van der Waals surface area (Å²) in [4.78, 5) is 18.2. The number of carbonyl (C=O) groups is 2. The van der Waals surface area contributed by atoms with Crippen LogP contribution in [0.5, 0.6) is 0 Å². The van der Waals surface area contributed by atoms with Crippen LogP contribution in [-0.2, 0) is 19.1 Å². The molecular weight excluding hydrogens is 316 g/mol. The number of ether oxygens (including phenoxy) is 2. The predicted octanol–water partition coefficient (Wildman–Crippen LogP) is 0.213. The van der Waals surface area contributed by atoms with Crippen molar-refractivity contribution in [3.63, 3.8) is 0 Å². The van der Waals surface area contributed by atoms with Crippen LogP contribution < -0.4 is 10.6 Å². The van der Waals surface area contributed by atoms with E-state index < -0.39 is 11.9 Å². The quantitative estimate of drug-likeness (QED) is 0.461. The van der Waals surface area contributed by atoms with E-state index in [0.717, 1.165) is 26.3 Å². The van der Waals surface area contributed by atoms with E-state index >= 15 is 0 Å². The van der Waals surface area contributed by atoms with Crippen LogP contribution in [0.2, 0.25) is 0 Å². The van der Waals surface area contributed by atoms with Gasteiger partial charge in [0.25, 0.3) is 0 Å². The highest BCUT2D eigenvalue weighted by Crippen LogP contribution is 2.32. The van der Waals surface area contributed by atoms with E-state index in [-0.39, 0.29) is 11.2 Å². The number of aliphatic carboxylic acids is 2. The Hall–Kier alpha value is -1.22. The fraction of sp³-hybridized carbons (Fsp3) is 0.875. The normalized spacial score (nSPS) is 33.8. The SMILES string of the molecule is C1CNC[C@@]2(C1)CCO2.C1CNC[C@@]2(C1)CCO2.O=C(O)C(=O)O. The van der Waals surface area contributed by atoms with E-state index in [0.29, 0.717) is 0 Å². The Bertz CT molecular complexity index is 378. The van der Waals surface area contributed by atoms with Crippen LogP contribution in [0, 0.1) is 0 Å². The minimum atomic E-state index is -1.82. The molecule has 0 amide bonds. The molecule has 0 saturated carbocycles. The Kier molecular flexibility index (Phi) is 6.97. The van der Waals surface area contributed by atoms with Gasteiger partial charge in [-0.3, -0.25) is 0 Å². The molecule has 8 nitrogen and oxygen atoms in total. The molecule has 0 aromatic rings. The molecule has 0 aromatic carbocycles. The Morgan fingerprint density at radius 1 is 0.750 bits per heavy atom. The summed E-state index contributed by atoms with van der Waals surface area (Å²) in [7, 11) is 0. The fourth-order valence-electron chi connectivity index (χ4n) is 3.33. The van der Waals surface area contributed by atoms with Crippen LogP contribution in [0.1, 0.15) is 38.5 Å². The van der Waals surface area contributed by atoms with E-state index in [9.17, 15) is 0 Å². The number of hydrogen-bond donors (Lipinski definition) is 4. The summed E-state index contributed by atoms with van der Waals surface area (Å²) in [5.74, 6) is -3.65. The fourth-order valence-corrected chi connectivity index (χ4v) is 3.33. The predicted molar refractivity (Wildman–Crippen MR) is 86.1 cm³/mol. The molecule has 24 heavy (non-hydrogen) atoms. The minimum Gasteiger partial charge on any atom is -0.473 e. The van der Waals surface area contributed by atoms with Gasteiger partial charge in [-0.15, -0.1) is 0 Å². The van der Waals surface area contributed by atoms with Crippen molar-refractivity contribution in [3.8, 4) is 0 Å². The summed E-state index contributed by atoms with van der Waals surface area (Å²) in [6.07, 6.45) is 7.69. The number of nitrogens with one attached hydrogen (secondary N) is 2. The lowest BCUT2D eigenvalue weighted by atomic mass is 9.87. The minimum absolute atomic E-state index is 0.290. The van der Waals surface area contributed by atoms with Gasteiger partial charge in [0, 0.05) is 25.9 Å². The zero-order valence-corrected chi connectivity index (χ0v) is 14.0. The van der Waals surface area contributed by atoms with E-state index in [1.54, 1.807) is 0 Å². The van der Waals surface area contributed by atoms with Crippen LogP contribution in [0.15, 0.2) is 0 Å². The van der Waals surface area contributed by atoms with Gasteiger partial charge in [-0.05, 0) is 38.8 Å². The zero-order valence-electron chi connectivity index (χ0n) is 14.0. The van der Waals surface area contributed by atoms with Crippen LogP contribution in [0.3, 0.4) is 0 Å². The second-order valence-corrected chi connectivity index (χ2v) is 6.73. The summed E-state index contributed by atoms with van der Waals surface area (Å²) in [6.45, 7) is 6.53. The first-order valence-electron chi connectivity index (χ1n) is 8.63. The molecule has 138 valence electrons. The van der Waals surface area contributed by atoms with Crippen molar-refractivity contribution < 1.29 is 29.3 Å². The van der Waals surface area contributed by atoms with Crippen LogP contribution in [0.25, 0.3) is 0 Å². The summed E-state index contributed by atoms with van der Waals surface area (Å²) < 4.78 is 11.0. The monoisotopic (exact) mass is 344 g/mol. The largest absolute Gasteiger partial charge is 0.473 e. The summed E-state index contributed by atoms with van der Waals surface area (Å²) in [5, 5.41) is 21.5. The Labute approximate surface area is 141 Å². The van der Waals surface area contributed by atoms with Gasteiger partial charge in [0.05, 0.1) is 24.4 Å². The molecular formula is C16H28N2O6. The van der Waals surface area contributed by atoms with Crippen molar-refractivity contribution in [2.45, 2.75) is 49.7 Å². The van der Waals surface area contributed by atoms with Crippen molar-refractivity contribution in [1.29, 1.82) is 0 Å². The van der Waals surface area contributed by atoms with Crippen LogP contribution in [-0.4, -0.2) is 72.7 Å². The van der Waals surface area contributed by atoms with Crippen molar-refractivity contribution in [2.24, 2.45) is 0 Å². The highest BCUT2D eigenvalue weighted by molar-refractivity contribution is 6.27. The number of carboxylic acids is 2. The third kappa shape index (κ3) is 5.41. The average Bonchev–Trinajstić information content (AvgIpc) is 2.55. The van der Waals surface area contributed by atoms with Gasteiger partial charge < -0.3 is 30.3 Å². The van der Waals surface area contributed by atoms with Crippen LogP contribution >= 0.6 is 0 Å². The molecule has 0 radical (unpaired) electrons. The van der Waals surface area contributed by atoms with E-state index in [2.05, 4.69) is 10.6 Å². The van der Waals surface area contributed by atoms with Gasteiger partial charge in [-0.2, -0.15) is 0 Å². The highest BCUT2D eigenvalue weighted by Gasteiger charge is 2.39. The molecule has 4 aliphatic heterocycles. The van der Waals surface area contributed by atoms with Crippen LogP contribution in [0.4, 0.5) is 0 Å². The maximum atomic E-state index is 9.10. The Morgan fingerprint density at radius 2 is 1.12 bits per heavy atom. The second kappa shape index (κ2) is 8.75. The van der Waals surface area contributed by atoms with Gasteiger partial charge in [-0.25, -0.2) is 9.59 Å². The molecule has 4 heterocycles. The summed E-state index contributed by atoms with van der Waals surface area (Å²) in [5.41, 5.74) is 0.580. The van der Waals surface area contributed by atoms with Gasteiger partial charge in [0.15, 0.2) is 0 Å². The van der Waals surface area contributed by atoms with E-state index in [4.69, 9.17) is 29.3 Å². The summed E-state index contributed by atoms with van der Waals surface area (Å²) in [6, 6.07) is 0. The van der Waals surface area contributed by atoms with Crippen molar-refractivity contribution >= 4 is 11.9 Å². The molecule has 4 rings (SSSR count). The Morgan fingerprint density at radius 3 is 1.25 bits per heavy atom. The first kappa shape index (κ1) is 19.1. The number of hydrogen-bond acceptors (Lipinski definition) is 6. The van der Waals surface area contributed by atoms with Gasteiger partial charge in [-0.1, -0.05) is 0 Å². The Balaban J connectivity index is 0.000000134. The van der Waals surface area contributed by atoms with Gasteiger partial charge >= 0.3 is 11.9 Å². The molecule has 0 aromatic heterocycles. The molecule has 4 N–H and O–H groups in total. The third-order valence-corrected chi connectivity index (χ3v) is 4.98. The molecule has 2 atom stereocenters. The third-order valence-electron chi connectivity index (χ3n) is 4.98. The number of piperidine rings is 2. The smallest absolute Gasteiger partial charge is 0.414 e. The summed E-state index contributed by atoms with van der Waals surface area (Å²) >= 11 is 0. The molecule has 8 heteroatoms. The molecule has 0 bridgehead atoms. The molecule has 0 unspecified atom stereocenters. The van der Waals surface area contributed by atoms with Gasteiger partial charge in [0.2, 0.25) is 0 Å². The zero-order chi connectivity index (χ0) is 17.5. The lowest BCUT2D eigenvalue weighted by Gasteiger charge is -2.44. The molecule has 0 aliphatic carbocycles. The molecule has 4 aliphatic rings. The van der Waals surface area contributed by atoms with Gasteiger partial charge in [0.1, 0.15) is 0 Å². The lowest BCUT2D eigenvalue weighted by molar-refractivity contribution is -0.159. The lowest BCUT2D eigenvalue weighted by Crippen LogP contribution is -2.54. The first-order valence-corrected chi connectivity index (χ1v) is 8.63. The number of carboxylic acid groups (broad SMARTS) is 2. The first-order chi connectivity index (χ1) is 11.5. The molecule has 2 spiro atoms. The second-order valence-electron chi connectivity index (χ2n) is 6.73. The maximum Gasteiger partial charge on any atom is 0.414 e. The van der Waals surface area contributed by atoms with Crippen molar-refractivity contribution in [1.82, 2.24) is 10.6 Å². The number of rotatable bonds is 0. The van der Waals surface area contributed by atoms with E-state index in [1.807, 2.05) is 0 Å². The molecule has 4 saturated heterocycles. The maximum absolute atomic E-state index is 9.10. The standard InChI is InChI=1S/2C7H13NO.C2H2O4/c2*1-2-7(3-5-9-7)6-8-4-1;3-1(4)2(5)6/h2*8H,1-6H2;(H,3,4)(H,5,6)/t2*7-;/m11./s1. The van der Waals surface area contributed by atoms with Crippen molar-refractivity contribution in [2.75, 3.05) is 39.4 Å².